The molecule has 0 amide bonds. The molecule has 1 rings (SSSR count). The highest BCUT2D eigenvalue weighted by Gasteiger charge is 2.04. The summed E-state index contributed by atoms with van der Waals surface area (Å²) in [5, 5.41) is 17.5. The molecule has 0 bridgehead atoms. The monoisotopic (exact) mass is 238 g/mol. The van der Waals surface area contributed by atoms with Crippen LogP contribution in [0.1, 0.15) is 5.56 Å². The average Bonchev–Trinajstić information content (AvgIpc) is 2.27. The van der Waals surface area contributed by atoms with Crippen molar-refractivity contribution in [2.75, 3.05) is 7.11 Å². The Balaban J connectivity index is 2.78. The summed E-state index contributed by atoms with van der Waals surface area (Å²) in [5.74, 6) is -0.777. The van der Waals surface area contributed by atoms with E-state index >= 15 is 0 Å². The number of phenols is 1. The van der Waals surface area contributed by atoms with Crippen LogP contribution in [0.25, 0.3) is 6.08 Å². The highest BCUT2D eigenvalue weighted by atomic mass is 16.7. The van der Waals surface area contributed by atoms with Crippen LogP contribution in [0.2, 0.25) is 0 Å². The second kappa shape index (κ2) is 5.55. The lowest BCUT2D eigenvalue weighted by molar-refractivity contribution is -0.133. The van der Waals surface area contributed by atoms with E-state index in [0.29, 0.717) is 5.56 Å². The molecule has 0 aliphatic rings. The van der Waals surface area contributed by atoms with Crippen molar-refractivity contribution in [2.45, 2.75) is 0 Å². The maximum Gasteiger partial charge on any atom is 0.513 e. The molecule has 0 saturated carbocycles. The highest BCUT2D eigenvalue weighted by Crippen LogP contribution is 2.26. The Kier molecular flexibility index (Phi) is 4.10. The number of benzene rings is 1. The number of carbonyl (C=O) groups is 2. The second-order valence-corrected chi connectivity index (χ2v) is 2.95. The maximum atomic E-state index is 10.9. The van der Waals surface area contributed by atoms with Crippen LogP contribution in [0, 0.1) is 0 Å². The molecule has 90 valence electrons. The van der Waals surface area contributed by atoms with Crippen molar-refractivity contribution >= 4 is 18.2 Å². The third-order valence-corrected chi connectivity index (χ3v) is 1.80. The van der Waals surface area contributed by atoms with Gasteiger partial charge in [0.05, 0.1) is 7.11 Å². The molecule has 1 aromatic carbocycles. The first-order valence-electron chi connectivity index (χ1n) is 4.52. The van der Waals surface area contributed by atoms with Crippen molar-refractivity contribution in [3.63, 3.8) is 0 Å². The van der Waals surface area contributed by atoms with E-state index in [0.717, 1.165) is 6.08 Å². The summed E-state index contributed by atoms with van der Waals surface area (Å²) in [6, 6.07) is 4.41. The third-order valence-electron chi connectivity index (χ3n) is 1.80. The quantitative estimate of drug-likeness (QED) is 0.472. The van der Waals surface area contributed by atoms with Gasteiger partial charge in [-0.3, -0.25) is 0 Å². The molecule has 0 fully saturated rings. The minimum absolute atomic E-state index is 0.0298. The van der Waals surface area contributed by atoms with Crippen molar-refractivity contribution in [1.29, 1.82) is 0 Å². The topological polar surface area (TPSA) is 93.1 Å². The van der Waals surface area contributed by atoms with E-state index in [2.05, 4.69) is 4.74 Å². The van der Waals surface area contributed by atoms with Crippen LogP contribution >= 0.6 is 0 Å². The number of rotatable bonds is 3. The van der Waals surface area contributed by atoms with Gasteiger partial charge in [-0.25, -0.2) is 9.59 Å². The summed E-state index contributed by atoms with van der Waals surface area (Å²) >= 11 is 0. The number of methoxy groups -OCH3 is 1. The second-order valence-electron chi connectivity index (χ2n) is 2.95. The Morgan fingerprint density at radius 2 is 2.06 bits per heavy atom. The molecule has 0 radical (unpaired) electrons. The van der Waals surface area contributed by atoms with Gasteiger partial charge >= 0.3 is 12.1 Å². The van der Waals surface area contributed by atoms with Gasteiger partial charge in [-0.1, -0.05) is 6.07 Å². The molecule has 6 heteroatoms. The van der Waals surface area contributed by atoms with Crippen molar-refractivity contribution in [2.24, 2.45) is 0 Å². The molecule has 0 saturated heterocycles. The van der Waals surface area contributed by atoms with Crippen LogP contribution in [0.4, 0.5) is 4.79 Å². The van der Waals surface area contributed by atoms with E-state index in [9.17, 15) is 14.7 Å². The van der Waals surface area contributed by atoms with Gasteiger partial charge in [0.15, 0.2) is 11.5 Å². The van der Waals surface area contributed by atoms with Gasteiger partial charge in [0, 0.05) is 6.08 Å². The molecule has 0 unspecified atom stereocenters. The van der Waals surface area contributed by atoms with Crippen molar-refractivity contribution in [3.8, 4) is 11.5 Å². The normalized spacial score (nSPS) is 10.2. The number of hydrogen-bond acceptors (Lipinski definition) is 5. The minimum atomic E-state index is -1.66. The van der Waals surface area contributed by atoms with E-state index in [-0.39, 0.29) is 11.5 Å². The third kappa shape index (κ3) is 3.86. The summed E-state index contributed by atoms with van der Waals surface area (Å²) in [5.41, 5.74) is 0.557. The molecule has 0 aliphatic heterocycles. The summed E-state index contributed by atoms with van der Waals surface area (Å²) in [6.07, 6.45) is 0.635. The lowest BCUT2D eigenvalue weighted by atomic mass is 10.2. The molecule has 1 aromatic rings. The van der Waals surface area contributed by atoms with Crippen LogP contribution in [-0.2, 0) is 9.53 Å². The molecule has 0 aliphatic carbocycles. The molecular formula is C11H10O6. The van der Waals surface area contributed by atoms with Gasteiger partial charge in [-0.2, -0.15) is 0 Å². The average molecular weight is 238 g/mol. The van der Waals surface area contributed by atoms with Gasteiger partial charge in [-0.05, 0) is 23.8 Å². The predicted octanol–water partition coefficient (Wildman–Crippen LogP) is 1.64. The van der Waals surface area contributed by atoms with Gasteiger partial charge in [0.2, 0.25) is 0 Å². The molecular weight excluding hydrogens is 228 g/mol. The van der Waals surface area contributed by atoms with E-state index in [1.165, 1.54) is 31.4 Å². The lowest BCUT2D eigenvalue weighted by Crippen LogP contribution is -2.06. The fourth-order valence-electron chi connectivity index (χ4n) is 1.08. The first kappa shape index (κ1) is 12.6. The Hall–Kier alpha value is -2.50. The van der Waals surface area contributed by atoms with Crippen LogP contribution in [0.3, 0.4) is 0 Å². The SMILES string of the molecule is COc1cc(/C=C/C(=O)OC(=O)O)ccc1O. The van der Waals surface area contributed by atoms with E-state index in [1.807, 2.05) is 0 Å². The number of carboxylic acid groups (broad SMARTS) is 1. The fraction of sp³-hybridized carbons (Fsp3) is 0.0909. The highest BCUT2D eigenvalue weighted by molar-refractivity contribution is 5.92. The number of aromatic hydroxyl groups is 1. The predicted molar refractivity (Wildman–Crippen MR) is 57.8 cm³/mol. The Morgan fingerprint density at radius 3 is 2.65 bits per heavy atom. The largest absolute Gasteiger partial charge is 0.513 e. The number of carbonyl (C=O) groups excluding carboxylic acids is 1. The Bertz CT molecular complexity index is 463. The van der Waals surface area contributed by atoms with Crippen molar-refractivity contribution in [1.82, 2.24) is 0 Å². The van der Waals surface area contributed by atoms with Gasteiger partial charge in [0.1, 0.15) is 0 Å². The molecule has 0 atom stereocenters. The fourth-order valence-corrected chi connectivity index (χ4v) is 1.08. The maximum absolute atomic E-state index is 10.9. The molecule has 17 heavy (non-hydrogen) atoms. The zero-order valence-electron chi connectivity index (χ0n) is 8.91. The molecule has 6 nitrogen and oxygen atoms in total. The summed E-state index contributed by atoms with van der Waals surface area (Å²) < 4.78 is 8.73. The summed E-state index contributed by atoms with van der Waals surface area (Å²) in [6.45, 7) is 0. The van der Waals surface area contributed by atoms with E-state index in [1.54, 1.807) is 0 Å². The van der Waals surface area contributed by atoms with E-state index in [4.69, 9.17) is 9.84 Å². The van der Waals surface area contributed by atoms with E-state index < -0.39 is 12.1 Å². The first-order chi connectivity index (χ1) is 8.02. The number of hydrogen-bond donors (Lipinski definition) is 2. The number of phenolic OH excluding ortho intramolecular Hbond substituents is 1. The van der Waals surface area contributed by atoms with Crippen LogP contribution in [0.5, 0.6) is 11.5 Å². The number of esters is 1. The standard InChI is InChI=1S/C11H10O6/c1-16-9-6-7(2-4-8(9)12)3-5-10(13)17-11(14)15/h2-6,12H,1H3,(H,14,15)/b5-3+. The van der Waals surface area contributed by atoms with Crippen molar-refractivity contribution in [3.05, 3.63) is 29.8 Å². The Morgan fingerprint density at radius 1 is 1.35 bits per heavy atom. The van der Waals surface area contributed by atoms with Crippen LogP contribution in [0.15, 0.2) is 24.3 Å². The van der Waals surface area contributed by atoms with Crippen molar-refractivity contribution < 1.29 is 29.3 Å². The minimum Gasteiger partial charge on any atom is -0.504 e. The van der Waals surface area contributed by atoms with Gasteiger partial charge in [0.25, 0.3) is 0 Å². The number of ether oxygens (including phenoxy) is 2. The molecule has 0 spiro atoms. The molecule has 0 aromatic heterocycles. The van der Waals surface area contributed by atoms with Gasteiger partial charge in [-0.15, -0.1) is 0 Å². The first-order valence-corrected chi connectivity index (χ1v) is 4.52. The zero-order valence-corrected chi connectivity index (χ0v) is 8.91. The van der Waals surface area contributed by atoms with Crippen LogP contribution < -0.4 is 4.74 Å². The lowest BCUT2D eigenvalue weighted by Gasteiger charge is -2.03. The summed E-state index contributed by atoms with van der Waals surface area (Å²) in [7, 11) is 1.39. The molecule has 2 N–H and O–H groups in total. The summed E-state index contributed by atoms with van der Waals surface area (Å²) in [4.78, 5) is 20.9. The van der Waals surface area contributed by atoms with Crippen LogP contribution in [-0.4, -0.2) is 29.4 Å². The molecule has 0 heterocycles. The van der Waals surface area contributed by atoms with Gasteiger partial charge < -0.3 is 19.7 Å². The smallest absolute Gasteiger partial charge is 0.504 e. The zero-order chi connectivity index (χ0) is 12.8. The Labute approximate surface area is 96.7 Å².